The quantitative estimate of drug-likeness (QED) is 0.679. The monoisotopic (exact) mass is 381 g/mol. The number of nitrogens with one attached hydrogen (secondary N) is 1. The Kier molecular flexibility index (Phi) is 5.82. The van der Waals surface area contributed by atoms with Crippen molar-refractivity contribution >= 4 is 5.91 Å². The van der Waals surface area contributed by atoms with E-state index in [-0.39, 0.29) is 18.7 Å². The first-order valence-electron chi connectivity index (χ1n) is 9.45. The molecule has 1 unspecified atom stereocenters. The van der Waals surface area contributed by atoms with Gasteiger partial charge in [-0.2, -0.15) is 10.2 Å². The molecule has 0 radical (unpaired) electrons. The van der Waals surface area contributed by atoms with Crippen molar-refractivity contribution in [3.63, 3.8) is 0 Å². The first kappa shape index (κ1) is 19.7. The van der Waals surface area contributed by atoms with Gasteiger partial charge in [0.2, 0.25) is 0 Å². The molecular formula is C21H27N5O2. The van der Waals surface area contributed by atoms with Crippen molar-refractivity contribution in [3.05, 3.63) is 64.7 Å². The summed E-state index contributed by atoms with van der Waals surface area (Å²) in [6.45, 7) is 11.1. The molecule has 7 nitrogen and oxygen atoms in total. The number of hydrogen-bond acceptors (Lipinski definition) is 4. The molecular weight excluding hydrogens is 354 g/mol. The number of benzene rings is 1. The van der Waals surface area contributed by atoms with Crippen molar-refractivity contribution in [1.29, 1.82) is 0 Å². The summed E-state index contributed by atoms with van der Waals surface area (Å²) in [5, 5.41) is 11.6. The van der Waals surface area contributed by atoms with E-state index < -0.39 is 0 Å². The van der Waals surface area contributed by atoms with Crippen LogP contribution in [0.2, 0.25) is 0 Å². The van der Waals surface area contributed by atoms with Gasteiger partial charge in [-0.05, 0) is 57.9 Å². The molecule has 148 valence electrons. The molecule has 2 aromatic heterocycles. The van der Waals surface area contributed by atoms with Gasteiger partial charge in [0.1, 0.15) is 11.4 Å². The van der Waals surface area contributed by atoms with Crippen LogP contribution in [0.4, 0.5) is 0 Å². The summed E-state index contributed by atoms with van der Waals surface area (Å²) in [4.78, 5) is 12.5. The van der Waals surface area contributed by atoms with E-state index in [4.69, 9.17) is 4.74 Å². The maximum absolute atomic E-state index is 12.5. The van der Waals surface area contributed by atoms with Crippen LogP contribution in [0.3, 0.4) is 0 Å². The molecule has 0 bridgehead atoms. The topological polar surface area (TPSA) is 74.0 Å². The SMILES string of the molecule is CCn1ncc(C(C)NC(=O)c2ccn(COc3cc(C)ccc3C)n2)c1C. The number of carbonyl (C=O) groups is 1. The zero-order valence-electron chi connectivity index (χ0n) is 17.1. The number of ether oxygens (including phenoxy) is 1. The normalized spacial score (nSPS) is 12.0. The Morgan fingerprint density at radius 2 is 2.04 bits per heavy atom. The molecule has 2 heterocycles. The van der Waals surface area contributed by atoms with E-state index >= 15 is 0 Å². The van der Waals surface area contributed by atoms with E-state index in [9.17, 15) is 4.79 Å². The van der Waals surface area contributed by atoms with Gasteiger partial charge in [0.05, 0.1) is 12.2 Å². The van der Waals surface area contributed by atoms with Gasteiger partial charge in [0.15, 0.2) is 6.73 Å². The number of nitrogens with zero attached hydrogens (tertiary/aromatic N) is 4. The van der Waals surface area contributed by atoms with Crippen LogP contribution in [0.5, 0.6) is 5.75 Å². The minimum Gasteiger partial charge on any atom is -0.471 e. The second kappa shape index (κ2) is 8.29. The zero-order valence-corrected chi connectivity index (χ0v) is 17.1. The summed E-state index contributed by atoms with van der Waals surface area (Å²) in [6, 6.07) is 7.61. The lowest BCUT2D eigenvalue weighted by Gasteiger charge is -2.13. The first-order valence-corrected chi connectivity index (χ1v) is 9.45. The maximum atomic E-state index is 12.5. The minimum atomic E-state index is -0.221. The highest BCUT2D eigenvalue weighted by atomic mass is 16.5. The largest absolute Gasteiger partial charge is 0.471 e. The Morgan fingerprint density at radius 3 is 2.75 bits per heavy atom. The molecule has 1 amide bonds. The van der Waals surface area contributed by atoms with Crippen molar-refractivity contribution in [3.8, 4) is 5.75 Å². The fraction of sp³-hybridized carbons (Fsp3) is 0.381. The predicted molar refractivity (Wildman–Crippen MR) is 107 cm³/mol. The average molecular weight is 381 g/mol. The van der Waals surface area contributed by atoms with Gasteiger partial charge in [-0.3, -0.25) is 9.48 Å². The van der Waals surface area contributed by atoms with Gasteiger partial charge in [0, 0.05) is 24.0 Å². The minimum absolute atomic E-state index is 0.149. The maximum Gasteiger partial charge on any atom is 0.272 e. The molecule has 7 heteroatoms. The summed E-state index contributed by atoms with van der Waals surface area (Å²) in [7, 11) is 0. The molecule has 1 N–H and O–H groups in total. The second-order valence-electron chi connectivity index (χ2n) is 6.98. The third kappa shape index (κ3) is 4.24. The summed E-state index contributed by atoms with van der Waals surface area (Å²) < 4.78 is 9.36. The standard InChI is InChI=1S/C21H27N5O2/c1-6-26-17(5)18(12-22-26)16(4)23-21(27)19-9-10-25(24-19)13-28-20-11-14(2)7-8-15(20)3/h7-12,16H,6,13H2,1-5H3,(H,23,27). The molecule has 0 spiro atoms. The molecule has 0 aliphatic rings. The van der Waals surface area contributed by atoms with E-state index in [1.807, 2.05) is 57.5 Å². The van der Waals surface area contributed by atoms with Gasteiger partial charge in [0.25, 0.3) is 5.91 Å². The van der Waals surface area contributed by atoms with Gasteiger partial charge >= 0.3 is 0 Å². The van der Waals surface area contributed by atoms with E-state index in [1.165, 1.54) is 0 Å². The van der Waals surface area contributed by atoms with Crippen molar-refractivity contribution in [1.82, 2.24) is 24.9 Å². The Labute approximate surface area is 165 Å². The summed E-state index contributed by atoms with van der Waals surface area (Å²) in [6.07, 6.45) is 3.55. The predicted octanol–water partition coefficient (Wildman–Crippen LogP) is 3.55. The van der Waals surface area contributed by atoms with Crippen LogP contribution in [0.1, 0.15) is 52.8 Å². The molecule has 3 rings (SSSR count). The summed E-state index contributed by atoms with van der Waals surface area (Å²) in [5.74, 6) is 0.597. The van der Waals surface area contributed by atoms with E-state index in [1.54, 1.807) is 23.1 Å². The van der Waals surface area contributed by atoms with Crippen LogP contribution >= 0.6 is 0 Å². The van der Waals surface area contributed by atoms with Crippen molar-refractivity contribution in [2.75, 3.05) is 0 Å². The average Bonchev–Trinajstić information content (AvgIpc) is 3.29. The lowest BCUT2D eigenvalue weighted by molar-refractivity contribution is 0.0932. The van der Waals surface area contributed by atoms with Crippen LogP contribution in [-0.2, 0) is 13.3 Å². The van der Waals surface area contributed by atoms with Crippen LogP contribution in [0, 0.1) is 20.8 Å². The molecule has 0 saturated heterocycles. The number of aromatic nitrogens is 4. The molecule has 3 aromatic rings. The van der Waals surface area contributed by atoms with Gasteiger partial charge in [-0.25, -0.2) is 4.68 Å². The number of hydrogen-bond donors (Lipinski definition) is 1. The van der Waals surface area contributed by atoms with Gasteiger partial charge in [-0.1, -0.05) is 12.1 Å². The molecule has 28 heavy (non-hydrogen) atoms. The van der Waals surface area contributed by atoms with Crippen LogP contribution in [0.25, 0.3) is 0 Å². The van der Waals surface area contributed by atoms with Gasteiger partial charge in [-0.15, -0.1) is 0 Å². The third-order valence-corrected chi connectivity index (χ3v) is 4.82. The fourth-order valence-corrected chi connectivity index (χ4v) is 3.11. The van der Waals surface area contributed by atoms with E-state index in [0.717, 1.165) is 34.7 Å². The van der Waals surface area contributed by atoms with Crippen LogP contribution < -0.4 is 10.1 Å². The van der Waals surface area contributed by atoms with Gasteiger partial charge < -0.3 is 10.1 Å². The number of aryl methyl sites for hydroxylation is 3. The molecule has 0 saturated carbocycles. The Balaban J connectivity index is 1.62. The van der Waals surface area contributed by atoms with E-state index in [0.29, 0.717) is 5.69 Å². The van der Waals surface area contributed by atoms with Crippen molar-refractivity contribution < 1.29 is 9.53 Å². The lowest BCUT2D eigenvalue weighted by atomic mass is 10.1. The van der Waals surface area contributed by atoms with Crippen LogP contribution in [0.15, 0.2) is 36.7 Å². The highest BCUT2D eigenvalue weighted by Crippen LogP contribution is 2.20. The smallest absolute Gasteiger partial charge is 0.272 e. The Bertz CT molecular complexity index is 973. The highest BCUT2D eigenvalue weighted by Gasteiger charge is 2.17. The Morgan fingerprint density at radius 1 is 1.25 bits per heavy atom. The third-order valence-electron chi connectivity index (χ3n) is 4.82. The Hall–Kier alpha value is -3.09. The van der Waals surface area contributed by atoms with Crippen LogP contribution in [-0.4, -0.2) is 25.5 Å². The zero-order chi connectivity index (χ0) is 20.3. The molecule has 1 aromatic carbocycles. The highest BCUT2D eigenvalue weighted by molar-refractivity contribution is 5.92. The fourth-order valence-electron chi connectivity index (χ4n) is 3.11. The second-order valence-corrected chi connectivity index (χ2v) is 6.98. The molecule has 0 fully saturated rings. The molecule has 0 aliphatic carbocycles. The molecule has 0 aliphatic heterocycles. The summed E-state index contributed by atoms with van der Waals surface area (Å²) >= 11 is 0. The van der Waals surface area contributed by atoms with Crippen molar-refractivity contribution in [2.45, 2.75) is 53.9 Å². The first-order chi connectivity index (χ1) is 13.4. The number of rotatable bonds is 7. The van der Waals surface area contributed by atoms with E-state index in [2.05, 4.69) is 15.5 Å². The summed E-state index contributed by atoms with van der Waals surface area (Å²) in [5.41, 5.74) is 4.62. The number of amides is 1. The molecule has 1 atom stereocenters. The van der Waals surface area contributed by atoms with Crippen molar-refractivity contribution in [2.24, 2.45) is 0 Å². The number of carbonyl (C=O) groups excluding carboxylic acids is 1. The lowest BCUT2D eigenvalue weighted by Crippen LogP contribution is -2.27.